The van der Waals surface area contributed by atoms with E-state index in [-0.39, 0.29) is 24.5 Å². The number of aliphatic hydroxyl groups is 1. The molecule has 0 saturated carbocycles. The zero-order valence-electron chi connectivity index (χ0n) is 12.6. The molecule has 0 aliphatic heterocycles. The summed E-state index contributed by atoms with van der Waals surface area (Å²) in [7, 11) is 0. The molecular formula is C17H23NO3. The molecule has 0 radical (unpaired) electrons. The smallest absolute Gasteiger partial charge is 0.223 e. The molecular weight excluding hydrogens is 266 g/mol. The molecule has 0 heterocycles. The van der Waals surface area contributed by atoms with Crippen LogP contribution in [-0.2, 0) is 4.79 Å². The Morgan fingerprint density at radius 2 is 1.90 bits per heavy atom. The second kappa shape index (κ2) is 7.27. The van der Waals surface area contributed by atoms with Crippen molar-refractivity contribution in [3.63, 3.8) is 0 Å². The Bertz CT molecular complexity index is 485. The number of nitrogens with one attached hydrogen (secondary N) is 1. The Morgan fingerprint density at radius 1 is 1.29 bits per heavy atom. The second-order valence-electron chi connectivity index (χ2n) is 5.64. The van der Waals surface area contributed by atoms with Gasteiger partial charge in [0, 0.05) is 12.5 Å². The van der Waals surface area contributed by atoms with E-state index in [4.69, 9.17) is 4.74 Å². The number of ether oxygens (including phenoxy) is 1. The summed E-state index contributed by atoms with van der Waals surface area (Å²) in [4.78, 5) is 11.9. The minimum Gasteiger partial charge on any atom is -0.491 e. The highest BCUT2D eigenvalue weighted by molar-refractivity contribution is 5.79. The van der Waals surface area contributed by atoms with Crippen LogP contribution in [0.3, 0.4) is 0 Å². The molecule has 0 fully saturated rings. The van der Waals surface area contributed by atoms with E-state index >= 15 is 0 Å². The minimum atomic E-state index is -0.698. The molecule has 21 heavy (non-hydrogen) atoms. The predicted molar refractivity (Wildman–Crippen MR) is 82.0 cm³/mol. The van der Waals surface area contributed by atoms with Crippen LogP contribution in [0, 0.1) is 5.92 Å². The van der Waals surface area contributed by atoms with Crippen LogP contribution in [0.4, 0.5) is 0 Å². The molecule has 2 N–H and O–H groups in total. The number of hydrogen-bond donors (Lipinski definition) is 2. The molecule has 0 saturated heterocycles. The van der Waals surface area contributed by atoms with Gasteiger partial charge < -0.3 is 15.2 Å². The lowest BCUT2D eigenvalue weighted by molar-refractivity contribution is -0.125. The number of benzene rings is 1. The number of allylic oxidation sites excluding steroid dienone is 2. The largest absolute Gasteiger partial charge is 0.491 e. The second-order valence-corrected chi connectivity index (χ2v) is 5.64. The lowest BCUT2D eigenvalue weighted by Gasteiger charge is -2.16. The van der Waals surface area contributed by atoms with E-state index in [2.05, 4.69) is 5.32 Å². The molecule has 1 aromatic carbocycles. The Balaban J connectivity index is 1.82. The fourth-order valence-electron chi connectivity index (χ4n) is 2.33. The molecule has 0 aromatic heterocycles. The first kappa shape index (κ1) is 15.6. The van der Waals surface area contributed by atoms with Crippen molar-refractivity contribution in [1.29, 1.82) is 0 Å². The maximum atomic E-state index is 11.9. The van der Waals surface area contributed by atoms with Crippen molar-refractivity contribution in [3.05, 3.63) is 42.0 Å². The van der Waals surface area contributed by atoms with Crippen LogP contribution in [0.5, 0.6) is 5.75 Å². The van der Waals surface area contributed by atoms with Gasteiger partial charge in [-0.15, -0.1) is 0 Å². The number of hydrogen-bond acceptors (Lipinski definition) is 3. The zero-order chi connectivity index (χ0) is 15.2. The Morgan fingerprint density at radius 3 is 2.48 bits per heavy atom. The SMILES string of the molecule is CC(C)Oc1ccc(C(O)CNC(=O)C2CC=CC2)cc1. The van der Waals surface area contributed by atoms with E-state index in [9.17, 15) is 9.90 Å². The van der Waals surface area contributed by atoms with Crippen LogP contribution in [0.15, 0.2) is 36.4 Å². The monoisotopic (exact) mass is 289 g/mol. The van der Waals surface area contributed by atoms with Crippen LogP contribution in [-0.4, -0.2) is 23.7 Å². The molecule has 114 valence electrons. The molecule has 1 unspecified atom stereocenters. The van der Waals surface area contributed by atoms with Crippen molar-refractivity contribution in [2.24, 2.45) is 5.92 Å². The maximum Gasteiger partial charge on any atom is 0.223 e. The molecule has 4 nitrogen and oxygen atoms in total. The van der Waals surface area contributed by atoms with E-state index in [1.165, 1.54) is 0 Å². The summed E-state index contributed by atoms with van der Waals surface area (Å²) in [6.07, 6.45) is 5.06. The maximum absolute atomic E-state index is 11.9. The third-order valence-electron chi connectivity index (χ3n) is 3.48. The molecule has 1 aromatic rings. The molecule has 1 aliphatic carbocycles. The van der Waals surface area contributed by atoms with Gasteiger partial charge in [-0.3, -0.25) is 4.79 Å². The van der Waals surface area contributed by atoms with Crippen molar-refractivity contribution >= 4 is 5.91 Å². The Labute approximate surface area is 125 Å². The fraction of sp³-hybridized carbons (Fsp3) is 0.471. The predicted octanol–water partition coefficient (Wildman–Crippen LogP) is 2.59. The van der Waals surface area contributed by atoms with Crippen molar-refractivity contribution in [3.8, 4) is 5.75 Å². The third-order valence-corrected chi connectivity index (χ3v) is 3.48. The standard InChI is InChI=1S/C17H23NO3/c1-12(2)21-15-9-7-13(8-10-15)16(19)11-18-17(20)14-5-3-4-6-14/h3-4,7-10,12,14,16,19H,5-6,11H2,1-2H3,(H,18,20). The fourth-order valence-corrected chi connectivity index (χ4v) is 2.33. The average molecular weight is 289 g/mol. The molecule has 0 bridgehead atoms. The van der Waals surface area contributed by atoms with Crippen molar-refractivity contribution in [2.45, 2.75) is 38.9 Å². The summed E-state index contributed by atoms with van der Waals surface area (Å²) in [6.45, 7) is 4.17. The minimum absolute atomic E-state index is 0.0128. The highest BCUT2D eigenvalue weighted by Crippen LogP contribution is 2.20. The van der Waals surface area contributed by atoms with Crippen LogP contribution in [0.25, 0.3) is 0 Å². The van der Waals surface area contributed by atoms with E-state index in [0.717, 1.165) is 24.2 Å². The average Bonchev–Trinajstić information content (AvgIpc) is 2.99. The third kappa shape index (κ3) is 4.60. The Hall–Kier alpha value is -1.81. The molecule has 1 aliphatic rings. The molecule has 1 atom stereocenters. The number of aliphatic hydroxyl groups excluding tert-OH is 1. The van der Waals surface area contributed by atoms with Gasteiger partial charge in [0.25, 0.3) is 0 Å². The first-order valence-corrected chi connectivity index (χ1v) is 7.43. The summed E-state index contributed by atoms with van der Waals surface area (Å²) in [6, 6.07) is 7.32. The van der Waals surface area contributed by atoms with Gasteiger partial charge in [0.15, 0.2) is 0 Å². The van der Waals surface area contributed by atoms with Crippen molar-refractivity contribution in [2.75, 3.05) is 6.54 Å². The molecule has 0 spiro atoms. The van der Waals surface area contributed by atoms with Crippen molar-refractivity contribution < 1.29 is 14.6 Å². The van der Waals surface area contributed by atoms with Crippen LogP contribution in [0.1, 0.15) is 38.4 Å². The van der Waals surface area contributed by atoms with Gasteiger partial charge in [-0.2, -0.15) is 0 Å². The van der Waals surface area contributed by atoms with Crippen LogP contribution < -0.4 is 10.1 Å². The van der Waals surface area contributed by atoms with Gasteiger partial charge in [0.1, 0.15) is 5.75 Å². The quantitative estimate of drug-likeness (QED) is 0.791. The highest BCUT2D eigenvalue weighted by Gasteiger charge is 2.19. The van der Waals surface area contributed by atoms with Gasteiger partial charge >= 0.3 is 0 Å². The van der Waals surface area contributed by atoms with Gasteiger partial charge in [-0.25, -0.2) is 0 Å². The normalized spacial score (nSPS) is 16.2. The number of amides is 1. The van der Waals surface area contributed by atoms with Gasteiger partial charge in [0.05, 0.1) is 12.2 Å². The highest BCUT2D eigenvalue weighted by atomic mass is 16.5. The summed E-state index contributed by atoms with van der Waals surface area (Å²) >= 11 is 0. The lowest BCUT2D eigenvalue weighted by atomic mass is 10.1. The van der Waals surface area contributed by atoms with Gasteiger partial charge in [-0.05, 0) is 44.4 Å². The molecule has 4 heteroatoms. The summed E-state index contributed by atoms with van der Waals surface area (Å²) in [5, 5.41) is 12.9. The zero-order valence-corrected chi connectivity index (χ0v) is 12.6. The van der Waals surface area contributed by atoms with Crippen molar-refractivity contribution in [1.82, 2.24) is 5.32 Å². The van der Waals surface area contributed by atoms with E-state index in [0.29, 0.717) is 0 Å². The van der Waals surface area contributed by atoms with Gasteiger partial charge in [-0.1, -0.05) is 24.3 Å². The van der Waals surface area contributed by atoms with E-state index in [1.54, 1.807) is 0 Å². The first-order valence-electron chi connectivity index (χ1n) is 7.43. The summed E-state index contributed by atoms with van der Waals surface area (Å²) in [5.41, 5.74) is 0.774. The molecule has 2 rings (SSSR count). The lowest BCUT2D eigenvalue weighted by Crippen LogP contribution is -2.32. The number of carbonyl (C=O) groups is 1. The Kier molecular flexibility index (Phi) is 5.39. The summed E-state index contributed by atoms with van der Waals surface area (Å²) in [5.74, 6) is 0.819. The number of rotatable bonds is 6. The van der Waals surface area contributed by atoms with Gasteiger partial charge in [0.2, 0.25) is 5.91 Å². The van der Waals surface area contributed by atoms with Crippen LogP contribution >= 0.6 is 0 Å². The van der Waals surface area contributed by atoms with E-state index < -0.39 is 6.10 Å². The van der Waals surface area contributed by atoms with Crippen LogP contribution in [0.2, 0.25) is 0 Å². The molecule has 1 amide bonds. The first-order chi connectivity index (χ1) is 10.1. The summed E-state index contributed by atoms with van der Waals surface area (Å²) < 4.78 is 5.56. The number of carbonyl (C=O) groups excluding carboxylic acids is 1. The topological polar surface area (TPSA) is 58.6 Å². The van der Waals surface area contributed by atoms with E-state index in [1.807, 2.05) is 50.3 Å².